The molecule has 4 aromatic carbocycles. The summed E-state index contributed by atoms with van der Waals surface area (Å²) in [5.74, 6) is 0. The summed E-state index contributed by atoms with van der Waals surface area (Å²) in [6.45, 7) is 28.8. The molecule has 5 heteroatoms. The van der Waals surface area contributed by atoms with E-state index in [-0.39, 0.29) is 25.8 Å². The van der Waals surface area contributed by atoms with Crippen LogP contribution in [0.3, 0.4) is 0 Å². The number of rotatable bonds is 8. The molecule has 0 saturated heterocycles. The van der Waals surface area contributed by atoms with Crippen molar-refractivity contribution in [3.63, 3.8) is 0 Å². The molecule has 0 aliphatic heterocycles. The van der Waals surface area contributed by atoms with Gasteiger partial charge in [-0.3, -0.25) is 0 Å². The molecule has 0 fully saturated rings. The average molecular weight is 784 g/mol. The SMILES string of the molecule is C[Si](C)(C)Cc1ccc[cH-]1.C[Si](C)(C)Cc1ccc[cH-]1.C[Si](C)(C)Cc1ccc[cH-]1.C[Si](C)(C)Cc1ccc[cH-]1.[Hf+4]. The molecule has 41 heavy (non-hydrogen) atoms. The molecule has 0 N–H and O–H groups in total. The minimum Gasteiger partial charge on any atom is -0.213 e. The van der Waals surface area contributed by atoms with E-state index in [1.54, 1.807) is 0 Å². The zero-order valence-electron chi connectivity index (χ0n) is 28.6. The van der Waals surface area contributed by atoms with Crippen LogP contribution in [0.4, 0.5) is 0 Å². The Kier molecular flexibility index (Phi) is 18.3. The van der Waals surface area contributed by atoms with E-state index in [1.165, 1.54) is 46.4 Å². The van der Waals surface area contributed by atoms with Gasteiger partial charge in [0, 0.05) is 32.3 Å². The summed E-state index contributed by atoms with van der Waals surface area (Å²) in [6, 6.07) is 40.0. The molecule has 0 radical (unpaired) electrons. The van der Waals surface area contributed by atoms with Crippen LogP contribution < -0.4 is 0 Å². The minimum absolute atomic E-state index is 0. The second-order valence-electron chi connectivity index (χ2n) is 16.1. The Hall–Kier alpha value is -0.862. The van der Waals surface area contributed by atoms with E-state index in [4.69, 9.17) is 0 Å². The first-order chi connectivity index (χ1) is 18.3. The van der Waals surface area contributed by atoms with E-state index in [2.05, 4.69) is 176 Å². The normalized spacial score (nSPS) is 11.6. The Labute approximate surface area is 278 Å². The quantitative estimate of drug-likeness (QED) is 0.123. The third kappa shape index (κ3) is 24.3. The Morgan fingerprint density at radius 1 is 0.366 bits per heavy atom. The molecule has 4 rings (SSSR count). The topological polar surface area (TPSA) is 0 Å². The molecule has 0 atom stereocenters. The van der Waals surface area contributed by atoms with Crippen molar-refractivity contribution in [1.82, 2.24) is 0 Å². The Bertz CT molecular complexity index is 908. The fraction of sp³-hybridized carbons (Fsp3) is 0.444. The first-order valence-corrected chi connectivity index (χ1v) is 30.0. The molecule has 0 amide bonds. The first kappa shape index (κ1) is 40.1. The van der Waals surface area contributed by atoms with Gasteiger partial charge >= 0.3 is 25.8 Å². The molecule has 0 aliphatic rings. The van der Waals surface area contributed by atoms with Gasteiger partial charge in [-0.1, -0.05) is 103 Å². The van der Waals surface area contributed by atoms with Crippen LogP contribution in [0.25, 0.3) is 0 Å². The fourth-order valence-corrected chi connectivity index (χ4v) is 10.4. The van der Waals surface area contributed by atoms with E-state index in [0.717, 1.165) is 0 Å². The van der Waals surface area contributed by atoms with Crippen LogP contribution in [-0.2, 0) is 50.0 Å². The van der Waals surface area contributed by atoms with Crippen molar-refractivity contribution in [3.05, 3.63) is 119 Å². The van der Waals surface area contributed by atoms with Gasteiger partial charge < -0.3 is 0 Å². The van der Waals surface area contributed by atoms with Gasteiger partial charge in [0.15, 0.2) is 0 Å². The second kappa shape index (κ2) is 18.7. The van der Waals surface area contributed by atoms with Gasteiger partial charge in [0.25, 0.3) is 0 Å². The second-order valence-corrected chi connectivity index (χ2v) is 38.0. The van der Waals surface area contributed by atoms with Crippen molar-refractivity contribution in [3.8, 4) is 0 Å². The molecule has 0 heterocycles. The Morgan fingerprint density at radius 3 is 0.634 bits per heavy atom. The van der Waals surface area contributed by atoms with Crippen LogP contribution in [0.5, 0.6) is 0 Å². The molecule has 0 nitrogen and oxygen atoms in total. The third-order valence-corrected chi connectivity index (χ3v) is 11.7. The maximum atomic E-state index is 2.40. The van der Waals surface area contributed by atoms with Gasteiger partial charge in [-0.2, -0.15) is 70.8 Å². The molecule has 0 saturated carbocycles. The van der Waals surface area contributed by atoms with Gasteiger partial charge in [-0.05, 0) is 0 Å². The standard InChI is InChI=1S/4C9H15Si.Hf/c4*1-10(2,3)8-9-6-4-5-7-9;/h4*4-7H,8H2,1-3H3;/q4*-1;+4. The van der Waals surface area contributed by atoms with Crippen LogP contribution in [0.1, 0.15) is 22.3 Å². The van der Waals surface area contributed by atoms with E-state index in [1.807, 2.05) is 0 Å². The van der Waals surface area contributed by atoms with Crippen LogP contribution >= 0.6 is 0 Å². The maximum Gasteiger partial charge on any atom is 4.00 e. The molecular weight excluding hydrogens is 723 g/mol. The summed E-state index contributed by atoms with van der Waals surface area (Å²) in [6.07, 6.45) is 0. The Balaban J connectivity index is 0.000000516. The summed E-state index contributed by atoms with van der Waals surface area (Å²) in [5.41, 5.74) is 6.05. The summed E-state index contributed by atoms with van der Waals surface area (Å²) in [7, 11) is -3.45. The summed E-state index contributed by atoms with van der Waals surface area (Å²) >= 11 is 0. The van der Waals surface area contributed by atoms with Crippen LogP contribution in [0.2, 0.25) is 78.6 Å². The van der Waals surface area contributed by atoms with Gasteiger partial charge in [0.1, 0.15) is 0 Å². The first-order valence-electron chi connectivity index (χ1n) is 15.1. The summed E-state index contributed by atoms with van der Waals surface area (Å²) < 4.78 is 0. The van der Waals surface area contributed by atoms with Crippen LogP contribution in [0.15, 0.2) is 97.1 Å². The molecule has 0 unspecified atom stereocenters. The Morgan fingerprint density at radius 2 is 0.537 bits per heavy atom. The zero-order chi connectivity index (χ0) is 30.5. The van der Waals surface area contributed by atoms with Crippen molar-refractivity contribution in [2.75, 3.05) is 0 Å². The molecule has 0 spiro atoms. The van der Waals surface area contributed by atoms with Crippen LogP contribution in [0, 0.1) is 0 Å². The zero-order valence-corrected chi connectivity index (χ0v) is 36.2. The molecule has 0 aliphatic carbocycles. The van der Waals surface area contributed by atoms with Crippen molar-refractivity contribution in [1.29, 1.82) is 0 Å². The van der Waals surface area contributed by atoms with E-state index in [9.17, 15) is 0 Å². The monoisotopic (exact) mass is 784 g/mol. The van der Waals surface area contributed by atoms with Crippen molar-refractivity contribution >= 4 is 32.3 Å². The van der Waals surface area contributed by atoms with Crippen molar-refractivity contribution in [2.45, 2.75) is 103 Å². The molecule has 224 valence electrons. The van der Waals surface area contributed by atoms with Gasteiger partial charge in [-0.15, -0.1) is 0 Å². The number of hydrogen-bond donors (Lipinski definition) is 0. The molecule has 4 aromatic rings. The van der Waals surface area contributed by atoms with Gasteiger partial charge in [0.05, 0.1) is 0 Å². The largest absolute Gasteiger partial charge is 4.00 e. The summed E-state index contributed by atoms with van der Waals surface area (Å²) in [4.78, 5) is 0. The molecule has 0 bridgehead atoms. The average Bonchev–Trinajstić information content (AvgIpc) is 3.54. The predicted octanol–water partition coefficient (Wildman–Crippen LogP) is 11.3. The van der Waals surface area contributed by atoms with E-state index in [0.29, 0.717) is 0 Å². The summed E-state index contributed by atoms with van der Waals surface area (Å²) in [5, 5.41) is 0. The number of hydrogen-bond acceptors (Lipinski definition) is 0. The van der Waals surface area contributed by atoms with Crippen molar-refractivity contribution < 1.29 is 25.8 Å². The van der Waals surface area contributed by atoms with Gasteiger partial charge in [0.2, 0.25) is 0 Å². The smallest absolute Gasteiger partial charge is 0.213 e. The van der Waals surface area contributed by atoms with Crippen molar-refractivity contribution in [2.24, 2.45) is 0 Å². The van der Waals surface area contributed by atoms with Gasteiger partial charge in [-0.25, -0.2) is 48.5 Å². The predicted molar refractivity (Wildman–Crippen MR) is 196 cm³/mol. The van der Waals surface area contributed by atoms with E-state index < -0.39 is 32.3 Å². The fourth-order valence-electron chi connectivity index (χ4n) is 4.58. The minimum atomic E-state index is -0.862. The van der Waals surface area contributed by atoms with Crippen LogP contribution in [-0.4, -0.2) is 32.3 Å². The maximum absolute atomic E-state index is 2.40. The third-order valence-electron chi connectivity index (χ3n) is 5.86. The molecular formula is C36H60HfSi4. The molecule has 0 aromatic heterocycles. The van der Waals surface area contributed by atoms with E-state index >= 15 is 0 Å².